The molecular weight excluding hydrogens is 499 g/mol. The fraction of sp³-hybridized carbons (Fsp3) is 0.150. The van der Waals surface area contributed by atoms with E-state index in [9.17, 15) is 26.7 Å². The van der Waals surface area contributed by atoms with Crippen molar-refractivity contribution in [2.24, 2.45) is 0 Å². The summed E-state index contributed by atoms with van der Waals surface area (Å²) in [5.74, 6) is -3.74. The van der Waals surface area contributed by atoms with Crippen LogP contribution in [0.4, 0.5) is 39.4 Å². The minimum Gasteiger partial charge on any atom is -0.383 e. The van der Waals surface area contributed by atoms with E-state index in [0.29, 0.717) is 5.65 Å². The summed E-state index contributed by atoms with van der Waals surface area (Å²) in [5.41, 5.74) is 5.35. The lowest BCUT2D eigenvalue weighted by atomic mass is 10.1. The summed E-state index contributed by atoms with van der Waals surface area (Å²) >= 11 is 0. The van der Waals surface area contributed by atoms with Crippen molar-refractivity contribution >= 4 is 41.3 Å². The highest BCUT2D eigenvalue weighted by atomic mass is 35.5. The molecule has 0 amide bonds. The number of alkyl halides is 3. The summed E-state index contributed by atoms with van der Waals surface area (Å²) in [6.07, 6.45) is -2.33. The lowest BCUT2D eigenvalue weighted by molar-refractivity contribution is -0.0884. The number of halogens is 6. The van der Waals surface area contributed by atoms with Crippen molar-refractivity contribution in [3.63, 3.8) is 0 Å². The predicted molar refractivity (Wildman–Crippen MR) is 119 cm³/mol. The molecule has 0 fully saturated rings. The standard InChI is InChI=1S/C20H15F5N8O.ClH/c21-10-1-2-11(13(22)7-10)14-8-33-19(29-9-30-33)18(31-14)28-6-5-27-15-4-3-12(17(26)32-15)16(34)20(23,24)25;/h1-4,7-9H,5-6H2,(H,28,31)(H3,26,27,32);1H. The predicted octanol–water partition coefficient (Wildman–Crippen LogP) is 3.74. The average molecular weight is 515 g/mol. The van der Waals surface area contributed by atoms with Crippen molar-refractivity contribution in [3.05, 3.63) is 60.1 Å². The number of anilines is 3. The quantitative estimate of drug-likeness (QED) is 0.194. The summed E-state index contributed by atoms with van der Waals surface area (Å²) in [7, 11) is 0. The summed E-state index contributed by atoms with van der Waals surface area (Å²) in [5, 5.41) is 9.86. The van der Waals surface area contributed by atoms with Gasteiger partial charge in [-0.3, -0.25) is 4.79 Å². The smallest absolute Gasteiger partial charge is 0.383 e. The van der Waals surface area contributed by atoms with Crippen LogP contribution in [0, 0.1) is 11.6 Å². The highest BCUT2D eigenvalue weighted by Gasteiger charge is 2.40. The Hall–Kier alpha value is -4.07. The van der Waals surface area contributed by atoms with Gasteiger partial charge >= 0.3 is 6.18 Å². The molecule has 0 bridgehead atoms. The Balaban J connectivity index is 0.00000342. The number of benzene rings is 1. The molecule has 0 saturated heterocycles. The molecule has 4 N–H and O–H groups in total. The van der Waals surface area contributed by atoms with Gasteiger partial charge in [0.25, 0.3) is 5.78 Å². The third-order valence-electron chi connectivity index (χ3n) is 4.62. The van der Waals surface area contributed by atoms with Gasteiger partial charge in [0.1, 0.15) is 29.6 Å². The van der Waals surface area contributed by atoms with Gasteiger partial charge in [-0.25, -0.2) is 28.2 Å². The van der Waals surface area contributed by atoms with E-state index < -0.39 is 35.0 Å². The molecule has 0 radical (unpaired) electrons. The van der Waals surface area contributed by atoms with E-state index in [1.165, 1.54) is 29.2 Å². The van der Waals surface area contributed by atoms with Gasteiger partial charge in [-0.05, 0) is 24.3 Å². The molecule has 4 rings (SSSR count). The molecule has 9 nitrogen and oxygen atoms in total. The number of aromatic nitrogens is 5. The number of Topliss-reactive ketones (excluding diaryl/α,β-unsaturated/α-hetero) is 1. The number of nitrogens with zero attached hydrogens (tertiary/aromatic N) is 5. The van der Waals surface area contributed by atoms with Crippen LogP contribution in [0.1, 0.15) is 10.4 Å². The zero-order valence-electron chi connectivity index (χ0n) is 17.5. The Morgan fingerprint density at radius 3 is 2.49 bits per heavy atom. The second kappa shape index (κ2) is 10.0. The number of nitrogens with two attached hydrogens (primary N) is 1. The van der Waals surface area contributed by atoms with Crippen LogP contribution in [0.2, 0.25) is 0 Å². The van der Waals surface area contributed by atoms with Gasteiger partial charge in [-0.2, -0.15) is 18.3 Å². The number of rotatable bonds is 7. The maximum atomic E-state index is 14.2. The lowest BCUT2D eigenvalue weighted by Crippen LogP contribution is -2.24. The first-order chi connectivity index (χ1) is 16.1. The van der Waals surface area contributed by atoms with Crippen LogP contribution in [0.15, 0.2) is 42.9 Å². The number of carbonyl (C=O) groups excluding carboxylic acids is 1. The van der Waals surface area contributed by atoms with E-state index >= 15 is 0 Å². The number of hydrogen-bond donors (Lipinski definition) is 3. The molecule has 0 unspecified atom stereocenters. The fourth-order valence-electron chi connectivity index (χ4n) is 3.06. The van der Waals surface area contributed by atoms with Crippen molar-refractivity contribution in [2.45, 2.75) is 6.18 Å². The average Bonchev–Trinajstić information content (AvgIpc) is 3.24. The molecule has 0 spiro atoms. The number of hydrogen-bond acceptors (Lipinski definition) is 8. The maximum absolute atomic E-state index is 14.2. The van der Waals surface area contributed by atoms with E-state index in [-0.39, 0.29) is 48.4 Å². The number of fused-ring (bicyclic) bond motifs is 1. The highest BCUT2D eigenvalue weighted by Crippen LogP contribution is 2.26. The van der Waals surface area contributed by atoms with Crippen LogP contribution >= 0.6 is 12.4 Å². The molecule has 1 aromatic carbocycles. The Bertz CT molecular complexity index is 1380. The summed E-state index contributed by atoms with van der Waals surface area (Å²) in [6.45, 7) is 0.450. The normalized spacial score (nSPS) is 11.2. The van der Waals surface area contributed by atoms with Crippen LogP contribution in [0.5, 0.6) is 0 Å². The third kappa shape index (κ3) is 5.54. The molecule has 3 aromatic heterocycles. The third-order valence-corrected chi connectivity index (χ3v) is 4.62. The van der Waals surface area contributed by atoms with E-state index in [4.69, 9.17) is 5.73 Å². The van der Waals surface area contributed by atoms with Crippen molar-refractivity contribution in [2.75, 3.05) is 29.5 Å². The van der Waals surface area contributed by atoms with Gasteiger partial charge in [0.15, 0.2) is 11.5 Å². The molecular formula is C20H16ClF5N8O. The Kier molecular flexibility index (Phi) is 7.34. The Morgan fingerprint density at radius 2 is 1.80 bits per heavy atom. The minimum atomic E-state index is -5.06. The molecule has 0 saturated carbocycles. The van der Waals surface area contributed by atoms with Crippen molar-refractivity contribution in [1.29, 1.82) is 0 Å². The summed E-state index contributed by atoms with van der Waals surface area (Å²) < 4.78 is 66.6. The minimum absolute atomic E-state index is 0. The SMILES string of the molecule is Cl.Nc1nc(NCCNc2nc(-c3ccc(F)cc3F)cn3ncnc23)ccc1C(=O)C(F)(F)F. The second-order valence-electron chi connectivity index (χ2n) is 6.94. The summed E-state index contributed by atoms with van der Waals surface area (Å²) in [6, 6.07) is 5.24. The molecule has 0 aliphatic carbocycles. The molecule has 184 valence electrons. The highest BCUT2D eigenvalue weighted by molar-refractivity contribution is 6.03. The molecule has 35 heavy (non-hydrogen) atoms. The molecule has 0 atom stereocenters. The number of carbonyl (C=O) groups is 1. The topological polar surface area (TPSA) is 123 Å². The van der Waals surface area contributed by atoms with Crippen LogP contribution in [0.25, 0.3) is 16.9 Å². The van der Waals surface area contributed by atoms with Crippen molar-refractivity contribution < 1.29 is 26.7 Å². The van der Waals surface area contributed by atoms with Gasteiger partial charge in [0.2, 0.25) is 0 Å². The fourth-order valence-corrected chi connectivity index (χ4v) is 3.06. The molecule has 0 aliphatic heterocycles. The summed E-state index contributed by atoms with van der Waals surface area (Å²) in [4.78, 5) is 23.5. The number of pyridine rings is 1. The maximum Gasteiger partial charge on any atom is 0.455 e. The number of ketones is 1. The van der Waals surface area contributed by atoms with Crippen LogP contribution in [0.3, 0.4) is 0 Å². The van der Waals surface area contributed by atoms with Gasteiger partial charge in [-0.15, -0.1) is 12.4 Å². The monoisotopic (exact) mass is 514 g/mol. The Labute approximate surface area is 200 Å². The van der Waals surface area contributed by atoms with Gasteiger partial charge < -0.3 is 16.4 Å². The van der Waals surface area contributed by atoms with E-state index in [1.807, 2.05) is 0 Å². The molecule has 3 heterocycles. The molecule has 0 aliphatic rings. The molecule has 4 aromatic rings. The van der Waals surface area contributed by atoms with Gasteiger partial charge in [0, 0.05) is 24.7 Å². The van der Waals surface area contributed by atoms with Gasteiger partial charge in [-0.1, -0.05) is 0 Å². The second-order valence-corrected chi connectivity index (χ2v) is 6.94. The van der Waals surface area contributed by atoms with Crippen LogP contribution < -0.4 is 16.4 Å². The zero-order chi connectivity index (χ0) is 24.5. The van der Waals surface area contributed by atoms with Gasteiger partial charge in [0.05, 0.1) is 17.5 Å². The first-order valence-electron chi connectivity index (χ1n) is 9.65. The lowest BCUT2D eigenvalue weighted by Gasteiger charge is -2.12. The van der Waals surface area contributed by atoms with Crippen molar-refractivity contribution in [1.82, 2.24) is 24.6 Å². The zero-order valence-corrected chi connectivity index (χ0v) is 18.3. The van der Waals surface area contributed by atoms with Crippen LogP contribution in [-0.4, -0.2) is 49.6 Å². The van der Waals surface area contributed by atoms with E-state index in [1.54, 1.807) is 0 Å². The van der Waals surface area contributed by atoms with E-state index in [0.717, 1.165) is 18.2 Å². The number of nitrogen functional groups attached to an aromatic ring is 1. The van der Waals surface area contributed by atoms with Crippen LogP contribution in [-0.2, 0) is 0 Å². The van der Waals surface area contributed by atoms with E-state index in [2.05, 4.69) is 30.7 Å². The Morgan fingerprint density at radius 1 is 1.06 bits per heavy atom. The first-order valence-corrected chi connectivity index (χ1v) is 9.65. The largest absolute Gasteiger partial charge is 0.455 e. The van der Waals surface area contributed by atoms with Crippen molar-refractivity contribution in [3.8, 4) is 11.3 Å². The molecule has 15 heteroatoms. The first kappa shape index (κ1) is 25.6. The number of nitrogens with one attached hydrogen (secondary N) is 2.